The summed E-state index contributed by atoms with van der Waals surface area (Å²) < 4.78 is 10.5. The smallest absolute Gasteiger partial charge is 0.222 e. The lowest BCUT2D eigenvalue weighted by Gasteiger charge is -2.49. The number of hydrogen-bond acceptors (Lipinski definition) is 6. The van der Waals surface area contributed by atoms with Crippen molar-refractivity contribution in [1.29, 1.82) is 0 Å². The van der Waals surface area contributed by atoms with Crippen LogP contribution >= 0.6 is 0 Å². The number of carbonyl (C=O) groups excluding carboxylic acids is 1. The van der Waals surface area contributed by atoms with Gasteiger partial charge < -0.3 is 14.2 Å². The normalized spacial score (nSPS) is 25.8. The highest BCUT2D eigenvalue weighted by atomic mass is 16.5. The number of ether oxygens (including phenoxy) is 1. The van der Waals surface area contributed by atoms with Crippen molar-refractivity contribution in [2.75, 3.05) is 53.5 Å². The SMILES string of the molecule is COCCN1CC[C@@]2(CCC1=O)CN(Cc1c(C)noc1C)CCN2C. The predicted octanol–water partition coefficient (Wildman–Crippen LogP) is 1.44. The number of aromatic nitrogens is 1. The van der Waals surface area contributed by atoms with Crippen LogP contribution in [0.15, 0.2) is 4.52 Å². The molecule has 7 heteroatoms. The van der Waals surface area contributed by atoms with E-state index in [1.54, 1.807) is 7.11 Å². The Labute approximate surface area is 156 Å². The van der Waals surface area contributed by atoms with Gasteiger partial charge in [-0.2, -0.15) is 0 Å². The summed E-state index contributed by atoms with van der Waals surface area (Å²) in [6, 6.07) is 0. The second-order valence-corrected chi connectivity index (χ2v) is 7.78. The molecule has 26 heavy (non-hydrogen) atoms. The van der Waals surface area contributed by atoms with E-state index < -0.39 is 0 Å². The third-order valence-corrected chi connectivity index (χ3v) is 6.21. The van der Waals surface area contributed by atoms with Gasteiger partial charge in [-0.1, -0.05) is 5.16 Å². The number of piperazine rings is 1. The molecule has 0 N–H and O–H groups in total. The van der Waals surface area contributed by atoms with Gasteiger partial charge in [0.05, 0.1) is 12.3 Å². The molecule has 0 aliphatic carbocycles. The molecular formula is C19H32N4O3. The molecule has 1 aromatic heterocycles. The molecule has 3 rings (SSSR count). The summed E-state index contributed by atoms with van der Waals surface area (Å²) in [7, 11) is 3.90. The van der Waals surface area contributed by atoms with Gasteiger partial charge in [0, 0.05) is 63.9 Å². The summed E-state index contributed by atoms with van der Waals surface area (Å²) in [5.41, 5.74) is 2.25. The number of methoxy groups -OCH3 is 1. The molecule has 2 saturated heterocycles. The molecule has 2 aliphatic heterocycles. The molecule has 0 aromatic carbocycles. The van der Waals surface area contributed by atoms with Crippen molar-refractivity contribution in [2.24, 2.45) is 0 Å². The van der Waals surface area contributed by atoms with Crippen LogP contribution in [0.4, 0.5) is 0 Å². The fourth-order valence-corrected chi connectivity index (χ4v) is 4.30. The Balaban J connectivity index is 1.70. The first-order valence-corrected chi connectivity index (χ1v) is 9.57. The van der Waals surface area contributed by atoms with Crippen molar-refractivity contribution in [2.45, 2.75) is 45.2 Å². The predicted molar refractivity (Wildman–Crippen MR) is 98.9 cm³/mol. The maximum absolute atomic E-state index is 12.5. The average molecular weight is 364 g/mol. The van der Waals surface area contributed by atoms with Crippen LogP contribution < -0.4 is 0 Å². The largest absolute Gasteiger partial charge is 0.383 e. The molecule has 0 bridgehead atoms. The van der Waals surface area contributed by atoms with Gasteiger partial charge in [-0.05, 0) is 33.7 Å². The van der Waals surface area contributed by atoms with Crippen LogP contribution in [0.3, 0.4) is 0 Å². The minimum absolute atomic E-state index is 0.0642. The topological polar surface area (TPSA) is 62.1 Å². The molecule has 1 spiro atoms. The summed E-state index contributed by atoms with van der Waals surface area (Å²) in [5, 5.41) is 4.09. The Morgan fingerprint density at radius 1 is 1.23 bits per heavy atom. The van der Waals surface area contributed by atoms with Crippen LogP contribution in [0, 0.1) is 13.8 Å². The highest BCUT2D eigenvalue weighted by Gasteiger charge is 2.42. The van der Waals surface area contributed by atoms with Crippen LogP contribution in [0.5, 0.6) is 0 Å². The number of rotatable bonds is 5. The van der Waals surface area contributed by atoms with Gasteiger partial charge in [0.15, 0.2) is 0 Å². The summed E-state index contributed by atoms with van der Waals surface area (Å²) >= 11 is 0. The molecule has 0 saturated carbocycles. The van der Waals surface area contributed by atoms with E-state index >= 15 is 0 Å². The molecular weight excluding hydrogens is 332 g/mol. The Bertz CT molecular complexity index is 613. The van der Waals surface area contributed by atoms with E-state index in [0.29, 0.717) is 19.6 Å². The van der Waals surface area contributed by atoms with Crippen molar-refractivity contribution < 1.29 is 14.1 Å². The monoisotopic (exact) mass is 364 g/mol. The lowest BCUT2D eigenvalue weighted by Crippen LogP contribution is -2.60. The van der Waals surface area contributed by atoms with E-state index in [4.69, 9.17) is 9.26 Å². The van der Waals surface area contributed by atoms with Crippen LogP contribution in [0.25, 0.3) is 0 Å². The van der Waals surface area contributed by atoms with Crippen molar-refractivity contribution in [3.05, 3.63) is 17.0 Å². The number of carbonyl (C=O) groups is 1. The van der Waals surface area contributed by atoms with E-state index in [1.165, 1.54) is 5.56 Å². The van der Waals surface area contributed by atoms with Gasteiger partial charge in [-0.15, -0.1) is 0 Å². The van der Waals surface area contributed by atoms with Crippen molar-refractivity contribution >= 4 is 5.91 Å². The van der Waals surface area contributed by atoms with Crippen LogP contribution in [0.1, 0.15) is 36.3 Å². The zero-order valence-corrected chi connectivity index (χ0v) is 16.6. The van der Waals surface area contributed by atoms with Gasteiger partial charge in [0.25, 0.3) is 0 Å². The second-order valence-electron chi connectivity index (χ2n) is 7.78. The lowest BCUT2D eigenvalue weighted by atomic mass is 9.86. The molecule has 3 heterocycles. The highest BCUT2D eigenvalue weighted by molar-refractivity contribution is 5.76. The van der Waals surface area contributed by atoms with Crippen LogP contribution in [0.2, 0.25) is 0 Å². The molecule has 7 nitrogen and oxygen atoms in total. The number of amides is 1. The van der Waals surface area contributed by atoms with E-state index in [0.717, 1.165) is 57.0 Å². The fraction of sp³-hybridized carbons (Fsp3) is 0.789. The molecule has 1 aromatic rings. The highest BCUT2D eigenvalue weighted by Crippen LogP contribution is 2.33. The zero-order chi connectivity index (χ0) is 18.7. The first kappa shape index (κ1) is 19.3. The van der Waals surface area contributed by atoms with Gasteiger partial charge in [0.2, 0.25) is 5.91 Å². The zero-order valence-electron chi connectivity index (χ0n) is 16.6. The number of nitrogens with zero attached hydrogens (tertiary/aromatic N) is 4. The number of likely N-dealkylation sites (N-methyl/N-ethyl adjacent to an activating group) is 1. The summed E-state index contributed by atoms with van der Waals surface area (Å²) in [5.74, 6) is 1.17. The summed E-state index contributed by atoms with van der Waals surface area (Å²) in [6.45, 7) is 10.0. The Morgan fingerprint density at radius 3 is 2.73 bits per heavy atom. The molecule has 146 valence electrons. The summed E-state index contributed by atoms with van der Waals surface area (Å²) in [6.07, 6.45) is 2.55. The van der Waals surface area contributed by atoms with Gasteiger partial charge in [-0.3, -0.25) is 14.6 Å². The fourth-order valence-electron chi connectivity index (χ4n) is 4.30. The van der Waals surface area contributed by atoms with E-state index in [9.17, 15) is 4.79 Å². The molecule has 0 radical (unpaired) electrons. The minimum Gasteiger partial charge on any atom is -0.383 e. The minimum atomic E-state index is 0.0642. The molecule has 0 unspecified atom stereocenters. The lowest BCUT2D eigenvalue weighted by molar-refractivity contribution is -0.131. The standard InChI is InChI=1S/C19H32N4O3/c1-15-17(16(2)26-20-15)13-22-10-9-21(3)19(14-22)6-5-18(24)23(8-7-19)11-12-25-4/h5-14H2,1-4H3/t19-/m0/s1. The first-order chi connectivity index (χ1) is 12.4. The maximum atomic E-state index is 12.5. The number of likely N-dealkylation sites (tertiary alicyclic amines) is 1. The molecule has 1 atom stereocenters. The third-order valence-electron chi connectivity index (χ3n) is 6.21. The van der Waals surface area contributed by atoms with E-state index in [-0.39, 0.29) is 11.4 Å². The maximum Gasteiger partial charge on any atom is 0.222 e. The Kier molecular flexibility index (Phi) is 5.99. The van der Waals surface area contributed by atoms with E-state index in [2.05, 4.69) is 22.0 Å². The first-order valence-electron chi connectivity index (χ1n) is 9.57. The number of aryl methyl sites for hydroxylation is 2. The van der Waals surface area contributed by atoms with Crippen LogP contribution in [-0.2, 0) is 16.1 Å². The molecule has 2 fully saturated rings. The quantitative estimate of drug-likeness (QED) is 0.788. The van der Waals surface area contributed by atoms with Gasteiger partial charge >= 0.3 is 0 Å². The number of hydrogen-bond donors (Lipinski definition) is 0. The average Bonchev–Trinajstić information content (AvgIpc) is 2.85. The molecule has 1 amide bonds. The Morgan fingerprint density at radius 2 is 2.04 bits per heavy atom. The van der Waals surface area contributed by atoms with Crippen molar-refractivity contribution in [3.8, 4) is 0 Å². The van der Waals surface area contributed by atoms with Gasteiger partial charge in [0.1, 0.15) is 5.76 Å². The van der Waals surface area contributed by atoms with Gasteiger partial charge in [-0.25, -0.2) is 0 Å². The second kappa shape index (κ2) is 8.06. The third kappa shape index (κ3) is 3.94. The molecule has 2 aliphatic rings. The Hall–Kier alpha value is -1.44. The van der Waals surface area contributed by atoms with Crippen molar-refractivity contribution in [1.82, 2.24) is 19.9 Å². The van der Waals surface area contributed by atoms with Crippen molar-refractivity contribution in [3.63, 3.8) is 0 Å². The van der Waals surface area contributed by atoms with Crippen LogP contribution in [-0.4, -0.2) is 84.8 Å². The van der Waals surface area contributed by atoms with E-state index in [1.807, 2.05) is 18.7 Å². The summed E-state index contributed by atoms with van der Waals surface area (Å²) in [4.78, 5) is 19.4.